The molecule has 0 bridgehead atoms. The summed E-state index contributed by atoms with van der Waals surface area (Å²) in [7, 11) is 0. The van der Waals surface area contributed by atoms with Crippen LogP contribution in [0.2, 0.25) is 0 Å². The minimum atomic E-state index is -0.338. The molecule has 1 unspecified atom stereocenters. The Labute approximate surface area is 119 Å². The lowest BCUT2D eigenvalue weighted by molar-refractivity contribution is 0.180. The van der Waals surface area contributed by atoms with E-state index >= 15 is 0 Å². The van der Waals surface area contributed by atoms with Crippen molar-refractivity contribution in [3.8, 4) is 5.75 Å². The normalized spacial score (nSPS) is 17.5. The van der Waals surface area contributed by atoms with Gasteiger partial charge >= 0.3 is 0 Å². The molecule has 106 valence electrons. The Kier molecular flexibility index (Phi) is 3.49. The fraction of sp³-hybridized carbons (Fsp3) is 0.438. The minimum Gasteiger partial charge on any atom is -0.487 e. The molecule has 1 heterocycles. The van der Waals surface area contributed by atoms with Gasteiger partial charge in [-0.15, -0.1) is 0 Å². The average Bonchev–Trinajstić information content (AvgIpc) is 3.04. The summed E-state index contributed by atoms with van der Waals surface area (Å²) >= 11 is 0. The maximum atomic E-state index is 9.91. The molecule has 0 amide bonds. The largest absolute Gasteiger partial charge is 0.487 e. The van der Waals surface area contributed by atoms with Crippen molar-refractivity contribution < 1.29 is 9.84 Å². The Morgan fingerprint density at radius 1 is 1.45 bits per heavy atom. The summed E-state index contributed by atoms with van der Waals surface area (Å²) < 4.78 is 8.07. The van der Waals surface area contributed by atoms with Crippen LogP contribution in [0.5, 0.6) is 5.75 Å². The van der Waals surface area contributed by atoms with Gasteiger partial charge in [0.05, 0.1) is 24.3 Å². The molecule has 1 aliphatic carbocycles. The lowest BCUT2D eigenvalue weighted by atomic mass is 10.1. The van der Waals surface area contributed by atoms with Crippen molar-refractivity contribution in [1.82, 2.24) is 9.55 Å². The summed E-state index contributed by atoms with van der Waals surface area (Å²) in [4.78, 5) is 4.18. The maximum absolute atomic E-state index is 9.91. The molecule has 0 fully saturated rings. The van der Waals surface area contributed by atoms with E-state index in [2.05, 4.69) is 23.4 Å². The van der Waals surface area contributed by atoms with Gasteiger partial charge in [0.15, 0.2) is 0 Å². The molecule has 4 heteroatoms. The van der Waals surface area contributed by atoms with E-state index in [0.29, 0.717) is 12.6 Å². The second-order valence-corrected chi connectivity index (χ2v) is 5.55. The summed E-state index contributed by atoms with van der Waals surface area (Å²) in [5.41, 5.74) is 3.23. The fourth-order valence-corrected chi connectivity index (χ4v) is 2.79. The SMILES string of the molecule is CC(C)n1cncc1COc1cccc2c1CCC2O. The Balaban J connectivity index is 1.78. The smallest absolute Gasteiger partial charge is 0.130 e. The lowest BCUT2D eigenvalue weighted by Crippen LogP contribution is -2.07. The number of ether oxygens (including phenoxy) is 1. The molecule has 1 aromatic carbocycles. The van der Waals surface area contributed by atoms with Gasteiger partial charge in [-0.25, -0.2) is 4.98 Å². The van der Waals surface area contributed by atoms with Gasteiger partial charge in [-0.2, -0.15) is 0 Å². The molecule has 0 saturated heterocycles. The number of aliphatic hydroxyl groups is 1. The molecule has 3 rings (SSSR count). The molecule has 0 radical (unpaired) electrons. The number of aliphatic hydroxyl groups excluding tert-OH is 1. The predicted octanol–water partition coefficient (Wildman–Crippen LogP) is 3.02. The summed E-state index contributed by atoms with van der Waals surface area (Å²) in [6.45, 7) is 4.76. The molecular formula is C16H20N2O2. The molecule has 1 aromatic heterocycles. The molecule has 0 spiro atoms. The Morgan fingerprint density at radius 3 is 3.10 bits per heavy atom. The van der Waals surface area contributed by atoms with Crippen LogP contribution in [0.4, 0.5) is 0 Å². The number of hydrogen-bond acceptors (Lipinski definition) is 3. The zero-order valence-electron chi connectivity index (χ0n) is 11.9. The van der Waals surface area contributed by atoms with Gasteiger partial charge in [0.1, 0.15) is 12.4 Å². The summed E-state index contributed by atoms with van der Waals surface area (Å²) in [5.74, 6) is 0.885. The van der Waals surface area contributed by atoms with Crippen molar-refractivity contribution >= 4 is 0 Å². The highest BCUT2D eigenvalue weighted by Gasteiger charge is 2.23. The number of imidazole rings is 1. The van der Waals surface area contributed by atoms with E-state index in [1.807, 2.05) is 30.7 Å². The highest BCUT2D eigenvalue weighted by molar-refractivity contribution is 5.44. The van der Waals surface area contributed by atoms with E-state index in [0.717, 1.165) is 35.4 Å². The van der Waals surface area contributed by atoms with Crippen molar-refractivity contribution in [2.45, 2.75) is 45.4 Å². The van der Waals surface area contributed by atoms with Gasteiger partial charge in [0.2, 0.25) is 0 Å². The molecule has 0 saturated carbocycles. The van der Waals surface area contributed by atoms with Gasteiger partial charge in [-0.05, 0) is 38.3 Å². The van der Waals surface area contributed by atoms with Crippen LogP contribution in [-0.2, 0) is 13.0 Å². The summed E-state index contributed by atoms with van der Waals surface area (Å²) in [6.07, 6.45) is 5.02. The average molecular weight is 272 g/mol. The van der Waals surface area contributed by atoms with Crippen molar-refractivity contribution in [3.05, 3.63) is 47.5 Å². The maximum Gasteiger partial charge on any atom is 0.130 e. The van der Waals surface area contributed by atoms with E-state index in [1.165, 1.54) is 0 Å². The zero-order valence-corrected chi connectivity index (χ0v) is 11.9. The monoisotopic (exact) mass is 272 g/mol. The highest BCUT2D eigenvalue weighted by Crippen LogP contribution is 2.36. The van der Waals surface area contributed by atoms with E-state index in [9.17, 15) is 5.11 Å². The summed E-state index contributed by atoms with van der Waals surface area (Å²) in [6, 6.07) is 6.28. The minimum absolute atomic E-state index is 0.338. The van der Waals surface area contributed by atoms with Crippen LogP contribution in [0.1, 0.15) is 49.2 Å². The number of nitrogens with zero attached hydrogens (tertiary/aromatic N) is 2. The molecule has 1 aliphatic rings. The van der Waals surface area contributed by atoms with Crippen molar-refractivity contribution in [2.75, 3.05) is 0 Å². The molecule has 1 atom stereocenters. The first kappa shape index (κ1) is 13.2. The first-order chi connectivity index (χ1) is 9.66. The molecule has 20 heavy (non-hydrogen) atoms. The van der Waals surface area contributed by atoms with Crippen LogP contribution in [0, 0.1) is 0 Å². The summed E-state index contributed by atoms with van der Waals surface area (Å²) in [5, 5.41) is 9.91. The van der Waals surface area contributed by atoms with Crippen LogP contribution in [0.15, 0.2) is 30.7 Å². The standard InChI is InChI=1S/C16H20N2O2/c1-11(2)18-10-17-8-12(18)9-20-16-5-3-4-13-14(16)6-7-15(13)19/h3-5,8,10-11,15,19H,6-7,9H2,1-2H3. The predicted molar refractivity (Wildman–Crippen MR) is 76.7 cm³/mol. The van der Waals surface area contributed by atoms with Crippen LogP contribution >= 0.6 is 0 Å². The highest BCUT2D eigenvalue weighted by atomic mass is 16.5. The topological polar surface area (TPSA) is 47.3 Å². The fourth-order valence-electron chi connectivity index (χ4n) is 2.79. The zero-order chi connectivity index (χ0) is 14.1. The third-order valence-electron chi connectivity index (χ3n) is 3.87. The van der Waals surface area contributed by atoms with Gasteiger partial charge in [-0.3, -0.25) is 0 Å². The lowest BCUT2D eigenvalue weighted by Gasteiger charge is -2.14. The number of fused-ring (bicyclic) bond motifs is 1. The number of rotatable bonds is 4. The molecule has 2 aromatic rings. The first-order valence-electron chi connectivity index (χ1n) is 7.10. The van der Waals surface area contributed by atoms with Crippen LogP contribution < -0.4 is 4.74 Å². The van der Waals surface area contributed by atoms with Crippen LogP contribution in [0.25, 0.3) is 0 Å². The Hall–Kier alpha value is -1.81. The number of benzene rings is 1. The third-order valence-corrected chi connectivity index (χ3v) is 3.87. The van der Waals surface area contributed by atoms with E-state index < -0.39 is 0 Å². The molecule has 1 N–H and O–H groups in total. The van der Waals surface area contributed by atoms with Crippen molar-refractivity contribution in [2.24, 2.45) is 0 Å². The number of aromatic nitrogens is 2. The van der Waals surface area contributed by atoms with E-state index in [4.69, 9.17) is 4.74 Å². The first-order valence-corrected chi connectivity index (χ1v) is 7.10. The molecule has 4 nitrogen and oxygen atoms in total. The Morgan fingerprint density at radius 2 is 2.30 bits per heavy atom. The second-order valence-electron chi connectivity index (χ2n) is 5.55. The van der Waals surface area contributed by atoms with Crippen molar-refractivity contribution in [1.29, 1.82) is 0 Å². The van der Waals surface area contributed by atoms with Gasteiger partial charge in [0.25, 0.3) is 0 Å². The molecule has 0 aliphatic heterocycles. The van der Waals surface area contributed by atoms with Gasteiger partial charge in [-0.1, -0.05) is 12.1 Å². The third kappa shape index (κ3) is 2.31. The van der Waals surface area contributed by atoms with E-state index in [-0.39, 0.29) is 6.10 Å². The van der Waals surface area contributed by atoms with Gasteiger partial charge in [0, 0.05) is 11.6 Å². The van der Waals surface area contributed by atoms with E-state index in [1.54, 1.807) is 0 Å². The van der Waals surface area contributed by atoms with Crippen LogP contribution in [0.3, 0.4) is 0 Å². The van der Waals surface area contributed by atoms with Gasteiger partial charge < -0.3 is 14.4 Å². The van der Waals surface area contributed by atoms with Crippen molar-refractivity contribution in [3.63, 3.8) is 0 Å². The number of hydrogen-bond donors (Lipinski definition) is 1. The molecular weight excluding hydrogens is 252 g/mol. The van der Waals surface area contributed by atoms with Crippen LogP contribution in [-0.4, -0.2) is 14.7 Å². The second kappa shape index (κ2) is 5.29. The quantitative estimate of drug-likeness (QED) is 0.930. The Bertz CT molecular complexity index is 604.